The zero-order valence-electron chi connectivity index (χ0n) is 12.2. The summed E-state index contributed by atoms with van der Waals surface area (Å²) in [7, 11) is 0. The van der Waals surface area contributed by atoms with Crippen molar-refractivity contribution < 1.29 is 9.50 Å². The summed E-state index contributed by atoms with van der Waals surface area (Å²) in [5, 5.41) is 19.1. The summed E-state index contributed by atoms with van der Waals surface area (Å²) in [6.07, 6.45) is 0.277. The normalized spacial score (nSPS) is 28.0. The summed E-state index contributed by atoms with van der Waals surface area (Å²) < 4.78 is 14.9. The number of rotatable bonds is 2. The Hall–Kier alpha value is -2.34. The topological polar surface area (TPSA) is 44.0 Å². The number of phenols is 1. The maximum atomic E-state index is 14.9. The lowest BCUT2D eigenvalue weighted by Gasteiger charge is -2.36. The number of nitriles is 1. The van der Waals surface area contributed by atoms with Gasteiger partial charge in [0.2, 0.25) is 0 Å². The Morgan fingerprint density at radius 1 is 0.955 bits per heavy atom. The van der Waals surface area contributed by atoms with E-state index in [0.29, 0.717) is 6.42 Å². The maximum absolute atomic E-state index is 14.9. The quantitative estimate of drug-likeness (QED) is 0.884. The Morgan fingerprint density at radius 2 is 1.64 bits per heavy atom. The van der Waals surface area contributed by atoms with Crippen molar-refractivity contribution >= 4 is 0 Å². The molecule has 0 amide bonds. The zero-order chi connectivity index (χ0) is 15.5. The number of hydrogen-bond donors (Lipinski definition) is 1. The van der Waals surface area contributed by atoms with E-state index >= 15 is 0 Å². The van der Waals surface area contributed by atoms with E-state index in [0.717, 1.165) is 17.5 Å². The minimum atomic E-state index is -1.19. The summed E-state index contributed by atoms with van der Waals surface area (Å²) in [5.41, 5.74) is 1.81. The highest BCUT2D eigenvalue weighted by molar-refractivity contribution is 5.33. The third-order valence-electron chi connectivity index (χ3n) is 4.62. The van der Waals surface area contributed by atoms with Crippen molar-refractivity contribution in [2.75, 3.05) is 0 Å². The zero-order valence-corrected chi connectivity index (χ0v) is 12.2. The third-order valence-corrected chi connectivity index (χ3v) is 4.62. The second kappa shape index (κ2) is 6.19. The fourth-order valence-electron chi connectivity index (χ4n) is 3.51. The van der Waals surface area contributed by atoms with Crippen molar-refractivity contribution in [2.24, 2.45) is 5.92 Å². The first-order valence-corrected chi connectivity index (χ1v) is 7.58. The van der Waals surface area contributed by atoms with Crippen LogP contribution in [0, 0.1) is 17.2 Å². The van der Waals surface area contributed by atoms with Crippen LogP contribution in [-0.4, -0.2) is 11.3 Å². The van der Waals surface area contributed by atoms with Gasteiger partial charge in [0.1, 0.15) is 11.9 Å². The van der Waals surface area contributed by atoms with Crippen LogP contribution in [0.15, 0.2) is 54.6 Å². The lowest BCUT2D eigenvalue weighted by Crippen LogP contribution is -2.33. The van der Waals surface area contributed by atoms with Gasteiger partial charge in [0, 0.05) is 11.8 Å². The maximum Gasteiger partial charge on any atom is 0.123 e. The molecule has 0 heterocycles. The minimum absolute atomic E-state index is 0.160. The molecule has 3 rings (SSSR count). The largest absolute Gasteiger partial charge is 0.508 e. The second-order valence-electron chi connectivity index (χ2n) is 5.90. The van der Waals surface area contributed by atoms with E-state index in [1.807, 2.05) is 36.4 Å². The molecule has 1 fully saturated rings. The van der Waals surface area contributed by atoms with Crippen molar-refractivity contribution in [1.29, 1.82) is 5.26 Å². The van der Waals surface area contributed by atoms with Crippen molar-refractivity contribution in [3.05, 3.63) is 65.7 Å². The molecule has 0 aliphatic heterocycles. The number of halogens is 1. The Bertz CT molecular complexity index is 679. The van der Waals surface area contributed by atoms with Crippen LogP contribution >= 0.6 is 0 Å². The van der Waals surface area contributed by atoms with Crippen LogP contribution in [0.25, 0.3) is 0 Å². The molecule has 0 aromatic heterocycles. The predicted molar refractivity (Wildman–Crippen MR) is 83.3 cm³/mol. The molecule has 1 aliphatic carbocycles. The van der Waals surface area contributed by atoms with Crippen molar-refractivity contribution in [3.8, 4) is 11.8 Å². The number of phenolic OH excluding ortho intramolecular Hbond substituents is 1. The van der Waals surface area contributed by atoms with Gasteiger partial charge in [-0.15, -0.1) is 0 Å². The molecular weight excluding hydrogens is 277 g/mol. The van der Waals surface area contributed by atoms with Gasteiger partial charge in [0.05, 0.1) is 12.0 Å². The summed E-state index contributed by atoms with van der Waals surface area (Å²) in [6.45, 7) is 0. The summed E-state index contributed by atoms with van der Waals surface area (Å²) in [6, 6.07) is 18.6. The van der Waals surface area contributed by atoms with Crippen LogP contribution in [0.5, 0.6) is 5.75 Å². The smallest absolute Gasteiger partial charge is 0.123 e. The Morgan fingerprint density at radius 3 is 2.32 bits per heavy atom. The van der Waals surface area contributed by atoms with Crippen molar-refractivity contribution in [2.45, 2.75) is 30.8 Å². The van der Waals surface area contributed by atoms with Crippen LogP contribution in [0.4, 0.5) is 4.39 Å². The van der Waals surface area contributed by atoms with Gasteiger partial charge in [-0.25, -0.2) is 4.39 Å². The van der Waals surface area contributed by atoms with Crippen LogP contribution in [0.2, 0.25) is 0 Å². The van der Waals surface area contributed by atoms with E-state index in [2.05, 4.69) is 6.07 Å². The van der Waals surface area contributed by atoms with E-state index in [1.165, 1.54) is 0 Å². The van der Waals surface area contributed by atoms with Crippen LogP contribution in [0.3, 0.4) is 0 Å². The van der Waals surface area contributed by atoms with Gasteiger partial charge in [-0.1, -0.05) is 42.5 Å². The lowest BCUT2D eigenvalue weighted by molar-refractivity contribution is 0.152. The van der Waals surface area contributed by atoms with Gasteiger partial charge in [-0.3, -0.25) is 0 Å². The fourth-order valence-corrected chi connectivity index (χ4v) is 3.51. The summed E-state index contributed by atoms with van der Waals surface area (Å²) >= 11 is 0. The first-order valence-electron chi connectivity index (χ1n) is 7.58. The molecule has 0 spiro atoms. The fraction of sp³-hybridized carbons (Fsp3) is 0.316. The van der Waals surface area contributed by atoms with E-state index < -0.39 is 12.1 Å². The monoisotopic (exact) mass is 295 g/mol. The molecule has 2 aromatic rings. The summed E-state index contributed by atoms with van der Waals surface area (Å²) in [4.78, 5) is 0. The Labute approximate surface area is 129 Å². The molecule has 3 heteroatoms. The number of aromatic hydroxyl groups is 1. The molecule has 0 saturated heterocycles. The second-order valence-corrected chi connectivity index (χ2v) is 5.90. The molecular formula is C19H18FNO. The number of hydrogen-bond acceptors (Lipinski definition) is 2. The first kappa shape index (κ1) is 14.6. The molecule has 1 saturated carbocycles. The molecule has 0 radical (unpaired) electrons. The molecule has 0 bridgehead atoms. The average molecular weight is 295 g/mol. The standard InChI is InChI=1S/C19H18FNO/c20-19-17(13-5-2-1-3-6-13)10-9-16(18(19)12-21)14-7-4-8-15(22)11-14/h1-8,11,16-19,22H,9-10H2. The van der Waals surface area contributed by atoms with Crippen molar-refractivity contribution in [1.82, 2.24) is 0 Å². The van der Waals surface area contributed by atoms with Gasteiger partial charge < -0.3 is 5.11 Å². The van der Waals surface area contributed by atoms with Gasteiger partial charge >= 0.3 is 0 Å². The number of nitrogens with zero attached hydrogens (tertiary/aromatic N) is 1. The SMILES string of the molecule is N#CC1C(c2cccc(O)c2)CCC(c2ccccc2)C1F. The third kappa shape index (κ3) is 2.69. The highest BCUT2D eigenvalue weighted by Gasteiger charge is 2.41. The minimum Gasteiger partial charge on any atom is -0.508 e. The van der Waals surface area contributed by atoms with E-state index in [1.54, 1.807) is 18.2 Å². The molecule has 1 N–H and O–H groups in total. The van der Waals surface area contributed by atoms with E-state index in [-0.39, 0.29) is 17.6 Å². The van der Waals surface area contributed by atoms with Gasteiger partial charge in [-0.2, -0.15) is 5.26 Å². The lowest BCUT2D eigenvalue weighted by atomic mass is 9.69. The molecule has 4 atom stereocenters. The molecule has 2 nitrogen and oxygen atoms in total. The van der Waals surface area contributed by atoms with Crippen LogP contribution in [0.1, 0.15) is 35.8 Å². The molecule has 22 heavy (non-hydrogen) atoms. The predicted octanol–water partition coefficient (Wildman–Crippen LogP) is 4.53. The first-order chi connectivity index (χ1) is 10.7. The summed E-state index contributed by atoms with van der Waals surface area (Å²) in [5.74, 6) is -0.901. The number of benzene rings is 2. The van der Waals surface area contributed by atoms with Crippen molar-refractivity contribution in [3.63, 3.8) is 0 Å². The van der Waals surface area contributed by atoms with Gasteiger partial charge in [0.15, 0.2) is 0 Å². The van der Waals surface area contributed by atoms with E-state index in [4.69, 9.17) is 0 Å². The molecule has 4 unspecified atom stereocenters. The van der Waals surface area contributed by atoms with Gasteiger partial charge in [-0.05, 0) is 36.1 Å². The Balaban J connectivity index is 1.88. The number of alkyl halides is 1. The van der Waals surface area contributed by atoms with Gasteiger partial charge in [0.25, 0.3) is 0 Å². The molecule has 2 aromatic carbocycles. The molecule has 1 aliphatic rings. The van der Waals surface area contributed by atoms with E-state index in [9.17, 15) is 14.8 Å². The highest BCUT2D eigenvalue weighted by atomic mass is 19.1. The van der Waals surface area contributed by atoms with Crippen LogP contribution in [-0.2, 0) is 0 Å². The average Bonchev–Trinajstić information content (AvgIpc) is 2.55. The molecule has 112 valence electrons. The van der Waals surface area contributed by atoms with Crippen LogP contribution < -0.4 is 0 Å². The highest BCUT2D eigenvalue weighted by Crippen LogP contribution is 2.46. The Kier molecular flexibility index (Phi) is 4.11.